The van der Waals surface area contributed by atoms with Crippen molar-refractivity contribution in [2.75, 3.05) is 6.26 Å². The molecule has 0 aliphatic heterocycles. The Labute approximate surface area is 84.2 Å². The molecule has 0 saturated heterocycles. The maximum absolute atomic E-state index is 4.23. The summed E-state index contributed by atoms with van der Waals surface area (Å²) >= 11 is 1.57. The molecule has 0 saturated carbocycles. The van der Waals surface area contributed by atoms with Crippen LogP contribution in [0, 0.1) is 5.41 Å². The Hall–Kier alpha value is -0.570. The highest BCUT2D eigenvalue weighted by atomic mass is 32.2. The van der Waals surface area contributed by atoms with E-state index in [1.54, 1.807) is 11.8 Å². The molecule has 1 aromatic heterocycles. The zero-order valence-electron chi connectivity index (χ0n) is 8.66. The Kier molecular flexibility index (Phi) is 3.31. The van der Waals surface area contributed by atoms with Gasteiger partial charge >= 0.3 is 0 Å². The van der Waals surface area contributed by atoms with Gasteiger partial charge in [0, 0.05) is 12.4 Å². The molecule has 0 aromatic carbocycles. The van der Waals surface area contributed by atoms with Crippen molar-refractivity contribution in [3.8, 4) is 0 Å². The van der Waals surface area contributed by atoms with Crippen molar-refractivity contribution in [1.82, 2.24) is 9.97 Å². The zero-order valence-corrected chi connectivity index (χ0v) is 9.48. The minimum absolute atomic E-state index is 0.310. The monoisotopic (exact) mass is 196 g/mol. The van der Waals surface area contributed by atoms with Crippen molar-refractivity contribution in [2.24, 2.45) is 5.41 Å². The summed E-state index contributed by atoms with van der Waals surface area (Å²) in [6.45, 7) is 6.65. The molecule has 0 amide bonds. The second-order valence-electron chi connectivity index (χ2n) is 4.32. The summed E-state index contributed by atoms with van der Waals surface area (Å²) < 4.78 is 0. The Morgan fingerprint density at radius 2 is 1.77 bits per heavy atom. The molecule has 2 nitrogen and oxygen atoms in total. The normalized spacial score (nSPS) is 11.7. The third-order valence-corrected chi connectivity index (χ3v) is 2.17. The molecule has 72 valence electrons. The highest BCUT2D eigenvalue weighted by molar-refractivity contribution is 7.98. The van der Waals surface area contributed by atoms with Gasteiger partial charge in [-0.25, -0.2) is 9.97 Å². The zero-order chi connectivity index (χ0) is 9.90. The van der Waals surface area contributed by atoms with Gasteiger partial charge in [0.1, 0.15) is 0 Å². The molecule has 1 heterocycles. The van der Waals surface area contributed by atoms with E-state index in [1.807, 2.05) is 18.6 Å². The van der Waals surface area contributed by atoms with E-state index in [0.717, 1.165) is 11.6 Å². The van der Waals surface area contributed by atoms with E-state index in [4.69, 9.17) is 0 Å². The molecule has 0 spiro atoms. The number of aromatic nitrogens is 2. The lowest BCUT2D eigenvalue weighted by atomic mass is 9.89. The van der Waals surface area contributed by atoms with Crippen molar-refractivity contribution in [2.45, 2.75) is 32.3 Å². The minimum atomic E-state index is 0.310. The van der Waals surface area contributed by atoms with Gasteiger partial charge in [-0.05, 0) is 23.7 Å². The molecule has 0 atom stereocenters. The average molecular weight is 196 g/mol. The quantitative estimate of drug-likeness (QED) is 0.537. The summed E-state index contributed by atoms with van der Waals surface area (Å²) in [5.74, 6) is 0. The number of nitrogens with zero attached hydrogens (tertiary/aromatic N) is 2. The molecular weight excluding hydrogens is 180 g/mol. The van der Waals surface area contributed by atoms with E-state index in [0.29, 0.717) is 5.41 Å². The highest BCUT2D eigenvalue weighted by Crippen LogP contribution is 2.19. The predicted molar refractivity (Wildman–Crippen MR) is 57.0 cm³/mol. The van der Waals surface area contributed by atoms with Crippen LogP contribution in [-0.4, -0.2) is 16.2 Å². The van der Waals surface area contributed by atoms with E-state index >= 15 is 0 Å². The van der Waals surface area contributed by atoms with Crippen LogP contribution in [0.5, 0.6) is 0 Å². The first-order valence-electron chi connectivity index (χ1n) is 4.36. The summed E-state index contributed by atoms with van der Waals surface area (Å²) in [6, 6.07) is 0. The van der Waals surface area contributed by atoms with Crippen LogP contribution < -0.4 is 0 Å². The third kappa shape index (κ3) is 3.77. The van der Waals surface area contributed by atoms with Gasteiger partial charge < -0.3 is 0 Å². The fourth-order valence-electron chi connectivity index (χ4n) is 1.15. The van der Waals surface area contributed by atoms with Crippen LogP contribution in [0.2, 0.25) is 0 Å². The first kappa shape index (κ1) is 10.5. The van der Waals surface area contributed by atoms with Crippen LogP contribution in [0.1, 0.15) is 26.3 Å². The van der Waals surface area contributed by atoms with E-state index in [2.05, 4.69) is 30.7 Å². The second kappa shape index (κ2) is 4.09. The van der Waals surface area contributed by atoms with Crippen molar-refractivity contribution in [1.29, 1.82) is 0 Å². The lowest BCUT2D eigenvalue weighted by Crippen LogP contribution is -2.09. The Bertz CT molecular complexity index is 261. The van der Waals surface area contributed by atoms with Gasteiger partial charge in [0.15, 0.2) is 5.16 Å². The average Bonchev–Trinajstić information content (AvgIpc) is 2.03. The first-order chi connectivity index (χ1) is 6.01. The molecule has 0 aliphatic carbocycles. The fraction of sp³-hybridized carbons (Fsp3) is 0.600. The molecule has 1 aromatic rings. The lowest BCUT2D eigenvalue weighted by Gasteiger charge is -2.17. The molecule has 0 aliphatic rings. The topological polar surface area (TPSA) is 25.8 Å². The summed E-state index contributed by atoms with van der Waals surface area (Å²) in [5.41, 5.74) is 1.52. The lowest BCUT2D eigenvalue weighted by molar-refractivity contribution is 0.409. The van der Waals surface area contributed by atoms with Crippen molar-refractivity contribution >= 4 is 11.8 Å². The van der Waals surface area contributed by atoms with Gasteiger partial charge in [-0.2, -0.15) is 0 Å². The van der Waals surface area contributed by atoms with Crippen molar-refractivity contribution in [3.05, 3.63) is 18.0 Å². The summed E-state index contributed by atoms with van der Waals surface area (Å²) in [4.78, 5) is 8.47. The SMILES string of the molecule is CSc1ncc(CC(C)(C)C)cn1. The molecule has 0 fully saturated rings. The number of rotatable bonds is 2. The van der Waals surface area contributed by atoms with Gasteiger partial charge in [-0.1, -0.05) is 32.5 Å². The van der Waals surface area contributed by atoms with Gasteiger partial charge in [0.2, 0.25) is 0 Å². The van der Waals surface area contributed by atoms with Crippen LogP contribution in [-0.2, 0) is 6.42 Å². The number of hydrogen-bond acceptors (Lipinski definition) is 3. The Morgan fingerprint density at radius 3 is 2.15 bits per heavy atom. The Balaban J connectivity index is 2.70. The third-order valence-electron chi connectivity index (χ3n) is 1.60. The maximum atomic E-state index is 4.23. The van der Waals surface area contributed by atoms with Crippen LogP contribution >= 0.6 is 11.8 Å². The summed E-state index contributed by atoms with van der Waals surface area (Å²) in [6.07, 6.45) is 6.86. The molecule has 1 rings (SSSR count). The first-order valence-corrected chi connectivity index (χ1v) is 5.59. The number of thioether (sulfide) groups is 1. The molecular formula is C10H16N2S. The molecule has 13 heavy (non-hydrogen) atoms. The van der Waals surface area contributed by atoms with E-state index in [1.165, 1.54) is 5.56 Å². The molecule has 0 radical (unpaired) electrons. The van der Waals surface area contributed by atoms with Crippen molar-refractivity contribution in [3.63, 3.8) is 0 Å². The van der Waals surface area contributed by atoms with Crippen LogP contribution in [0.4, 0.5) is 0 Å². The smallest absolute Gasteiger partial charge is 0.187 e. The van der Waals surface area contributed by atoms with Gasteiger partial charge in [-0.3, -0.25) is 0 Å². The van der Waals surface area contributed by atoms with Gasteiger partial charge in [-0.15, -0.1) is 0 Å². The fourth-order valence-corrected chi connectivity index (χ4v) is 1.47. The van der Waals surface area contributed by atoms with Crippen molar-refractivity contribution < 1.29 is 0 Å². The number of hydrogen-bond donors (Lipinski definition) is 0. The van der Waals surface area contributed by atoms with Gasteiger partial charge in [0.05, 0.1) is 0 Å². The molecule has 0 bridgehead atoms. The molecule has 3 heteroatoms. The van der Waals surface area contributed by atoms with Crippen LogP contribution in [0.25, 0.3) is 0 Å². The summed E-state index contributed by atoms with van der Waals surface area (Å²) in [7, 11) is 0. The standard InChI is InChI=1S/C10H16N2S/c1-10(2,3)5-8-6-11-9(13-4)12-7-8/h6-7H,5H2,1-4H3. The minimum Gasteiger partial charge on any atom is -0.231 e. The maximum Gasteiger partial charge on any atom is 0.187 e. The predicted octanol–water partition coefficient (Wildman–Crippen LogP) is 2.79. The van der Waals surface area contributed by atoms with Gasteiger partial charge in [0.25, 0.3) is 0 Å². The summed E-state index contributed by atoms with van der Waals surface area (Å²) in [5, 5.41) is 0.845. The largest absolute Gasteiger partial charge is 0.231 e. The molecule has 0 N–H and O–H groups in total. The van der Waals surface area contributed by atoms with E-state index in [9.17, 15) is 0 Å². The highest BCUT2D eigenvalue weighted by Gasteiger charge is 2.11. The second-order valence-corrected chi connectivity index (χ2v) is 5.09. The Morgan fingerprint density at radius 1 is 1.23 bits per heavy atom. The van der Waals surface area contributed by atoms with E-state index < -0.39 is 0 Å². The van der Waals surface area contributed by atoms with E-state index in [-0.39, 0.29) is 0 Å². The van der Waals surface area contributed by atoms with Crippen LogP contribution in [0.15, 0.2) is 17.6 Å². The van der Waals surface area contributed by atoms with Crippen LogP contribution in [0.3, 0.4) is 0 Å². The molecule has 0 unspecified atom stereocenters.